The highest BCUT2D eigenvalue weighted by molar-refractivity contribution is 5.95. The molecule has 4 heteroatoms. The van der Waals surface area contributed by atoms with Crippen LogP contribution in [0.2, 0.25) is 0 Å². The topological polar surface area (TPSA) is 46.6 Å². The quantitative estimate of drug-likeness (QED) is 0.748. The molecule has 122 valence electrons. The number of carbonyl (C=O) groups is 2. The number of nitrogens with zero attached hydrogens (tertiary/aromatic N) is 1. The molecule has 3 aliphatic rings. The number of hydrogen-bond acceptors (Lipinski definition) is 3. The third-order valence-electron chi connectivity index (χ3n) is 5.65. The van der Waals surface area contributed by atoms with Crippen molar-refractivity contribution in [2.75, 3.05) is 13.1 Å². The summed E-state index contributed by atoms with van der Waals surface area (Å²) in [5.74, 6) is 0.197. The van der Waals surface area contributed by atoms with Gasteiger partial charge in [-0.25, -0.2) is 4.79 Å². The zero-order valence-corrected chi connectivity index (χ0v) is 13.4. The van der Waals surface area contributed by atoms with Gasteiger partial charge in [-0.2, -0.15) is 0 Å². The predicted octanol–water partition coefficient (Wildman–Crippen LogP) is 3.26. The molecule has 2 fully saturated rings. The van der Waals surface area contributed by atoms with Crippen LogP contribution in [-0.2, 0) is 15.1 Å². The van der Waals surface area contributed by atoms with Gasteiger partial charge in [-0.1, -0.05) is 37.5 Å². The Kier molecular flexibility index (Phi) is 3.63. The summed E-state index contributed by atoms with van der Waals surface area (Å²) in [6.45, 7) is 1.31. The highest BCUT2D eigenvalue weighted by Crippen LogP contribution is 2.43. The SMILES string of the molecule is O=C1OC2(CCCN(C(=O)C3CCCCC3)C2)c2ccccc21. The zero-order chi connectivity index (χ0) is 15.9. The second-order valence-corrected chi connectivity index (χ2v) is 7.13. The summed E-state index contributed by atoms with van der Waals surface area (Å²) >= 11 is 0. The fourth-order valence-corrected chi connectivity index (χ4v) is 4.47. The van der Waals surface area contributed by atoms with E-state index in [0.29, 0.717) is 12.1 Å². The number of rotatable bonds is 1. The molecule has 0 N–H and O–H groups in total. The van der Waals surface area contributed by atoms with Crippen molar-refractivity contribution >= 4 is 11.9 Å². The third kappa shape index (κ3) is 2.44. The first-order valence-corrected chi connectivity index (χ1v) is 8.81. The molecule has 1 unspecified atom stereocenters. The Balaban J connectivity index is 1.58. The van der Waals surface area contributed by atoms with Gasteiger partial charge >= 0.3 is 5.97 Å². The maximum absolute atomic E-state index is 12.9. The minimum Gasteiger partial charge on any atom is -0.449 e. The van der Waals surface area contributed by atoms with Crippen molar-refractivity contribution in [2.24, 2.45) is 5.92 Å². The number of ether oxygens (including phenoxy) is 1. The van der Waals surface area contributed by atoms with Gasteiger partial charge in [0.05, 0.1) is 12.1 Å². The fraction of sp³-hybridized carbons (Fsp3) is 0.579. The zero-order valence-electron chi connectivity index (χ0n) is 13.4. The van der Waals surface area contributed by atoms with Crippen LogP contribution in [0.5, 0.6) is 0 Å². The Labute approximate surface area is 136 Å². The average Bonchev–Trinajstić information content (AvgIpc) is 2.87. The molecule has 4 nitrogen and oxygen atoms in total. The van der Waals surface area contributed by atoms with Crippen LogP contribution < -0.4 is 0 Å². The highest BCUT2D eigenvalue weighted by Gasteiger charge is 2.49. The molecule has 0 radical (unpaired) electrons. The van der Waals surface area contributed by atoms with Crippen LogP contribution in [-0.4, -0.2) is 29.9 Å². The van der Waals surface area contributed by atoms with Crippen molar-refractivity contribution < 1.29 is 14.3 Å². The van der Waals surface area contributed by atoms with Gasteiger partial charge in [0.1, 0.15) is 0 Å². The summed E-state index contributed by atoms with van der Waals surface area (Å²) < 4.78 is 5.80. The summed E-state index contributed by atoms with van der Waals surface area (Å²) in [7, 11) is 0. The van der Waals surface area contributed by atoms with Gasteiger partial charge in [0, 0.05) is 18.0 Å². The van der Waals surface area contributed by atoms with Crippen molar-refractivity contribution in [3.05, 3.63) is 35.4 Å². The maximum atomic E-state index is 12.9. The summed E-state index contributed by atoms with van der Waals surface area (Å²) in [4.78, 5) is 27.0. The Morgan fingerprint density at radius 2 is 1.91 bits per heavy atom. The van der Waals surface area contributed by atoms with Gasteiger partial charge in [-0.15, -0.1) is 0 Å². The molecule has 1 atom stereocenters. The van der Waals surface area contributed by atoms with Gasteiger partial charge in [-0.3, -0.25) is 4.79 Å². The van der Waals surface area contributed by atoms with E-state index in [1.165, 1.54) is 6.42 Å². The van der Waals surface area contributed by atoms with Crippen LogP contribution in [0.3, 0.4) is 0 Å². The van der Waals surface area contributed by atoms with E-state index in [1.54, 1.807) is 0 Å². The number of benzene rings is 1. The largest absolute Gasteiger partial charge is 0.449 e. The van der Waals surface area contributed by atoms with Crippen molar-refractivity contribution in [3.8, 4) is 0 Å². The summed E-state index contributed by atoms with van der Waals surface area (Å²) in [6.07, 6.45) is 7.29. The second kappa shape index (κ2) is 5.66. The van der Waals surface area contributed by atoms with Crippen molar-refractivity contribution in [3.63, 3.8) is 0 Å². The molecule has 2 heterocycles. The number of amides is 1. The van der Waals surface area contributed by atoms with Crippen LogP contribution in [0.1, 0.15) is 60.9 Å². The number of carbonyl (C=O) groups excluding carboxylic acids is 2. The molecule has 4 rings (SSSR count). The third-order valence-corrected chi connectivity index (χ3v) is 5.65. The van der Waals surface area contributed by atoms with E-state index in [9.17, 15) is 9.59 Å². The molecular formula is C19H23NO3. The lowest BCUT2D eigenvalue weighted by atomic mass is 9.83. The van der Waals surface area contributed by atoms with E-state index in [4.69, 9.17) is 4.74 Å². The summed E-state index contributed by atoms with van der Waals surface area (Å²) in [6, 6.07) is 7.63. The van der Waals surface area contributed by atoms with Crippen LogP contribution in [0.15, 0.2) is 24.3 Å². The van der Waals surface area contributed by atoms with E-state index >= 15 is 0 Å². The van der Waals surface area contributed by atoms with E-state index in [-0.39, 0.29) is 17.8 Å². The Morgan fingerprint density at radius 3 is 2.74 bits per heavy atom. The molecule has 1 saturated carbocycles. The standard InChI is InChI=1S/C19H23NO3/c21-17(14-7-2-1-3-8-14)20-12-6-11-19(13-20)16-10-5-4-9-15(16)18(22)23-19/h4-5,9-10,14H,1-3,6-8,11-13H2. The van der Waals surface area contributed by atoms with E-state index < -0.39 is 5.60 Å². The average molecular weight is 313 g/mol. The van der Waals surface area contributed by atoms with Gasteiger partial charge in [0.2, 0.25) is 5.91 Å². The Bertz CT molecular complexity index is 635. The molecule has 1 aromatic carbocycles. The number of fused-ring (bicyclic) bond motifs is 2. The van der Waals surface area contributed by atoms with Gasteiger partial charge in [0.15, 0.2) is 5.60 Å². The Morgan fingerprint density at radius 1 is 1.13 bits per heavy atom. The first-order chi connectivity index (χ1) is 11.2. The predicted molar refractivity (Wildman–Crippen MR) is 85.9 cm³/mol. The maximum Gasteiger partial charge on any atom is 0.339 e. The summed E-state index contributed by atoms with van der Waals surface area (Å²) in [5, 5.41) is 0. The van der Waals surface area contributed by atoms with Gasteiger partial charge in [0.25, 0.3) is 0 Å². The number of esters is 1. The first-order valence-electron chi connectivity index (χ1n) is 8.81. The molecule has 1 aliphatic carbocycles. The molecule has 2 aliphatic heterocycles. The van der Waals surface area contributed by atoms with Crippen LogP contribution in [0, 0.1) is 5.92 Å². The van der Waals surface area contributed by atoms with Crippen LogP contribution in [0.4, 0.5) is 0 Å². The first kappa shape index (κ1) is 14.7. The summed E-state index contributed by atoms with van der Waals surface area (Å²) in [5.41, 5.74) is 1.02. The number of piperidine rings is 1. The molecule has 1 spiro atoms. The minimum atomic E-state index is -0.615. The van der Waals surface area contributed by atoms with Crippen molar-refractivity contribution in [1.29, 1.82) is 0 Å². The van der Waals surface area contributed by atoms with Gasteiger partial charge < -0.3 is 9.64 Å². The fourth-order valence-electron chi connectivity index (χ4n) is 4.47. The van der Waals surface area contributed by atoms with Crippen molar-refractivity contribution in [1.82, 2.24) is 4.90 Å². The Hall–Kier alpha value is -1.84. The smallest absolute Gasteiger partial charge is 0.339 e. The van der Waals surface area contributed by atoms with E-state index in [1.807, 2.05) is 29.2 Å². The van der Waals surface area contributed by atoms with Crippen LogP contribution in [0.25, 0.3) is 0 Å². The lowest BCUT2D eigenvalue weighted by molar-refractivity contribution is -0.144. The van der Waals surface area contributed by atoms with Gasteiger partial charge in [-0.05, 0) is 31.7 Å². The lowest BCUT2D eigenvalue weighted by Crippen LogP contribution is -2.50. The molecule has 0 bridgehead atoms. The molecular weight excluding hydrogens is 290 g/mol. The minimum absolute atomic E-state index is 0.172. The van der Waals surface area contributed by atoms with Crippen molar-refractivity contribution in [2.45, 2.75) is 50.5 Å². The highest BCUT2D eigenvalue weighted by atomic mass is 16.6. The number of likely N-dealkylation sites (tertiary alicyclic amines) is 1. The molecule has 1 amide bonds. The molecule has 0 aromatic heterocycles. The number of hydrogen-bond donors (Lipinski definition) is 0. The van der Waals surface area contributed by atoms with E-state index in [0.717, 1.165) is 50.6 Å². The molecule has 23 heavy (non-hydrogen) atoms. The molecule has 1 aromatic rings. The molecule has 1 saturated heterocycles. The van der Waals surface area contributed by atoms with E-state index in [2.05, 4.69) is 0 Å². The lowest BCUT2D eigenvalue weighted by Gasteiger charge is -2.41. The normalized spacial score (nSPS) is 27.8. The monoisotopic (exact) mass is 313 g/mol. The second-order valence-electron chi connectivity index (χ2n) is 7.13. The van der Waals surface area contributed by atoms with Crippen LogP contribution >= 0.6 is 0 Å².